The van der Waals surface area contributed by atoms with Crippen molar-refractivity contribution in [3.05, 3.63) is 90.9 Å². The SMILES string of the molecule is C=C/C=C(\C=C)Cc1c(C)ncc(-c2ccccc2)cnn(C)c1SF.CC. The zero-order valence-electron chi connectivity index (χ0n) is 17.0. The summed E-state index contributed by atoms with van der Waals surface area (Å²) in [6.45, 7) is 13.4. The molecule has 0 unspecified atom stereocenters. The van der Waals surface area contributed by atoms with Crippen LogP contribution in [0.3, 0.4) is 0 Å². The summed E-state index contributed by atoms with van der Waals surface area (Å²) in [5.74, 6) is 0. The van der Waals surface area contributed by atoms with Gasteiger partial charge in [0.15, 0.2) is 0 Å². The molecule has 5 heteroatoms. The lowest BCUT2D eigenvalue weighted by atomic mass is 10.1. The maximum absolute atomic E-state index is 13.8. The van der Waals surface area contributed by atoms with Gasteiger partial charge in [-0.05, 0) is 18.1 Å². The highest BCUT2D eigenvalue weighted by atomic mass is 32.2. The summed E-state index contributed by atoms with van der Waals surface area (Å²) in [4.78, 5) is 4.57. The summed E-state index contributed by atoms with van der Waals surface area (Å²) in [6.07, 6.45) is 9.23. The molecule has 0 saturated carbocycles. The smallest absolute Gasteiger partial charge is 0.130 e. The van der Waals surface area contributed by atoms with Crippen LogP contribution in [-0.2, 0) is 13.5 Å². The lowest BCUT2D eigenvalue weighted by Crippen LogP contribution is -2.03. The van der Waals surface area contributed by atoms with E-state index in [-0.39, 0.29) is 12.1 Å². The Morgan fingerprint density at radius 3 is 2.39 bits per heavy atom. The van der Waals surface area contributed by atoms with Crippen molar-refractivity contribution < 1.29 is 3.89 Å². The van der Waals surface area contributed by atoms with Crippen molar-refractivity contribution in [1.82, 2.24) is 14.8 Å². The summed E-state index contributed by atoms with van der Waals surface area (Å²) in [5.41, 5.74) is 4.27. The van der Waals surface area contributed by atoms with Crippen LogP contribution in [0.1, 0.15) is 25.1 Å². The predicted octanol–water partition coefficient (Wildman–Crippen LogP) is 6.76. The highest BCUT2D eigenvalue weighted by Gasteiger charge is 2.11. The highest BCUT2D eigenvalue weighted by molar-refractivity contribution is 7.94. The number of nitrogens with zero attached hydrogens (tertiary/aromatic N) is 3. The van der Waals surface area contributed by atoms with Crippen molar-refractivity contribution in [3.8, 4) is 11.1 Å². The molecule has 0 atom stereocenters. The second-order valence-corrected chi connectivity index (χ2v) is 6.19. The minimum Gasteiger partial charge on any atom is -0.261 e. The van der Waals surface area contributed by atoms with E-state index < -0.39 is 0 Å². The highest BCUT2D eigenvalue weighted by Crippen LogP contribution is 2.26. The first-order valence-corrected chi connectivity index (χ1v) is 9.86. The first kappa shape index (κ1) is 23.4. The van der Waals surface area contributed by atoms with Gasteiger partial charge in [0.1, 0.15) is 17.2 Å². The summed E-state index contributed by atoms with van der Waals surface area (Å²) in [7, 11) is 1.73. The predicted molar refractivity (Wildman–Crippen MR) is 119 cm³/mol. The van der Waals surface area contributed by atoms with Crippen molar-refractivity contribution in [2.24, 2.45) is 7.05 Å². The molecule has 0 radical (unpaired) electrons. The monoisotopic (exact) mass is 397 g/mol. The molecule has 0 amide bonds. The van der Waals surface area contributed by atoms with E-state index in [1.54, 1.807) is 31.6 Å². The quantitative estimate of drug-likeness (QED) is 0.505. The van der Waals surface area contributed by atoms with Crippen LogP contribution >= 0.6 is 12.1 Å². The molecule has 0 saturated heterocycles. The zero-order valence-corrected chi connectivity index (χ0v) is 17.8. The molecule has 3 nitrogen and oxygen atoms in total. The van der Waals surface area contributed by atoms with Crippen molar-refractivity contribution in [3.63, 3.8) is 0 Å². The van der Waals surface area contributed by atoms with Crippen LogP contribution in [0.2, 0.25) is 0 Å². The molecule has 0 fully saturated rings. The minimum atomic E-state index is 0.166. The second-order valence-electron chi connectivity index (χ2n) is 5.65. The van der Waals surface area contributed by atoms with Crippen molar-refractivity contribution in [2.45, 2.75) is 32.2 Å². The van der Waals surface area contributed by atoms with E-state index in [1.807, 2.05) is 57.2 Å². The van der Waals surface area contributed by atoms with E-state index >= 15 is 0 Å². The number of hydrogen-bond donors (Lipinski definition) is 0. The molecule has 0 aliphatic carbocycles. The Hall–Kier alpha value is -2.66. The molecule has 0 aliphatic heterocycles. The van der Waals surface area contributed by atoms with E-state index in [9.17, 15) is 3.89 Å². The number of allylic oxidation sites excluding steroid dienone is 4. The fourth-order valence-corrected chi connectivity index (χ4v) is 2.92. The maximum Gasteiger partial charge on any atom is 0.130 e. The average molecular weight is 398 g/mol. The Bertz CT molecular complexity index is 869. The summed E-state index contributed by atoms with van der Waals surface area (Å²) < 4.78 is 15.3. The second kappa shape index (κ2) is 12.7. The van der Waals surface area contributed by atoms with Crippen LogP contribution in [0.5, 0.6) is 0 Å². The topological polar surface area (TPSA) is 30.7 Å². The molecule has 2 rings (SSSR count). The zero-order chi connectivity index (χ0) is 20.9. The lowest BCUT2D eigenvalue weighted by Gasteiger charge is -2.09. The maximum atomic E-state index is 13.8. The van der Waals surface area contributed by atoms with Gasteiger partial charge in [0.05, 0.1) is 6.20 Å². The van der Waals surface area contributed by atoms with Crippen LogP contribution in [0.25, 0.3) is 11.1 Å². The van der Waals surface area contributed by atoms with Gasteiger partial charge in [-0.2, -0.15) is 8.98 Å². The van der Waals surface area contributed by atoms with Crippen LogP contribution in [0, 0.1) is 6.92 Å². The number of aromatic nitrogens is 3. The lowest BCUT2D eigenvalue weighted by molar-refractivity contribution is 0.652. The largest absolute Gasteiger partial charge is 0.261 e. The minimum absolute atomic E-state index is 0.166. The van der Waals surface area contributed by atoms with Gasteiger partial charge >= 0.3 is 0 Å². The van der Waals surface area contributed by atoms with Gasteiger partial charge in [-0.25, -0.2) is 0 Å². The third kappa shape index (κ3) is 6.50. The van der Waals surface area contributed by atoms with E-state index in [1.165, 1.54) is 4.68 Å². The molecule has 28 heavy (non-hydrogen) atoms. The Morgan fingerprint density at radius 1 is 1.14 bits per heavy atom. The van der Waals surface area contributed by atoms with Crippen LogP contribution in [-0.4, -0.2) is 14.8 Å². The summed E-state index contributed by atoms with van der Waals surface area (Å²) >= 11 is 0.166. The standard InChI is InChI=1S/C21H22FN3S.C2H6/c1-5-10-17(6-2)13-20-16(3)23-14-19(18-11-8-7-9-12-18)15-24-25(4)21(20)26-22;1-2/h5-12,14-15H,1-2,13H2,3-4H3;1-2H3/b17-10+,19-14?,21-20?,23-16?,24-15?;. The first-order valence-electron chi connectivity index (χ1n) is 9.14. The Balaban J connectivity index is 0.00000190. The number of halogens is 1. The summed E-state index contributed by atoms with van der Waals surface area (Å²) in [6, 6.07) is 9.85. The Morgan fingerprint density at radius 2 is 1.82 bits per heavy atom. The molecule has 1 heterocycles. The van der Waals surface area contributed by atoms with Gasteiger partial charge in [-0.15, -0.1) is 0 Å². The number of rotatable bonds is 6. The van der Waals surface area contributed by atoms with E-state index in [0.717, 1.165) is 28.0 Å². The van der Waals surface area contributed by atoms with Gasteiger partial charge in [-0.3, -0.25) is 9.67 Å². The average Bonchev–Trinajstić information content (AvgIpc) is 2.79. The van der Waals surface area contributed by atoms with Crippen LogP contribution in [0.15, 0.2) is 84.7 Å². The third-order valence-corrected chi connectivity index (χ3v) is 4.57. The molecular weight excluding hydrogens is 369 g/mol. The normalized spacial score (nSPS) is 10.4. The van der Waals surface area contributed by atoms with E-state index in [4.69, 9.17) is 0 Å². The van der Waals surface area contributed by atoms with Crippen molar-refractivity contribution in [2.75, 3.05) is 0 Å². The van der Waals surface area contributed by atoms with Gasteiger partial charge in [0.2, 0.25) is 0 Å². The van der Waals surface area contributed by atoms with E-state index in [0.29, 0.717) is 11.4 Å². The molecule has 0 bridgehead atoms. The molecular formula is C23H28FN3S. The van der Waals surface area contributed by atoms with Gasteiger partial charge in [0, 0.05) is 36.5 Å². The Labute approximate surface area is 172 Å². The third-order valence-electron chi connectivity index (χ3n) is 3.91. The molecule has 0 aliphatic rings. The first-order chi connectivity index (χ1) is 13.6. The van der Waals surface area contributed by atoms with Gasteiger partial charge < -0.3 is 0 Å². The molecule has 1 aromatic heterocycles. The molecule has 1 aromatic carbocycles. The fourth-order valence-electron chi connectivity index (χ4n) is 2.46. The van der Waals surface area contributed by atoms with Crippen molar-refractivity contribution in [1.29, 1.82) is 0 Å². The van der Waals surface area contributed by atoms with Gasteiger partial charge in [-0.1, -0.05) is 75.6 Å². The number of aryl methyl sites for hydroxylation is 2. The van der Waals surface area contributed by atoms with Crippen molar-refractivity contribution >= 4 is 12.1 Å². The van der Waals surface area contributed by atoms with Crippen LogP contribution < -0.4 is 0 Å². The van der Waals surface area contributed by atoms with E-state index in [2.05, 4.69) is 23.2 Å². The van der Waals surface area contributed by atoms with Crippen LogP contribution in [0.4, 0.5) is 3.89 Å². The molecule has 148 valence electrons. The number of benzene rings is 1. The Kier molecular flexibility index (Phi) is 10.6. The molecule has 0 N–H and O–H groups in total. The molecule has 2 aromatic rings. The molecule has 0 spiro atoms. The summed E-state index contributed by atoms with van der Waals surface area (Å²) in [5, 5.41) is 4.80. The van der Waals surface area contributed by atoms with Gasteiger partial charge in [0.25, 0.3) is 0 Å². The number of hydrogen-bond acceptors (Lipinski definition) is 3. The fraction of sp³-hybridized carbons (Fsp3) is 0.217.